The largest absolute Gasteiger partial charge is 0.758 e. The van der Waals surface area contributed by atoms with E-state index in [0.29, 0.717) is 17.2 Å². The molecule has 0 amide bonds. The van der Waals surface area contributed by atoms with Crippen molar-refractivity contribution in [3.63, 3.8) is 0 Å². The van der Waals surface area contributed by atoms with Crippen LogP contribution in [0.2, 0.25) is 0 Å². The number of rotatable bonds is 6. The number of aliphatic imine (C=N–C) groups is 1. The molecule has 148 valence electrons. The normalized spacial score (nSPS) is 13.1. The van der Waals surface area contributed by atoms with Gasteiger partial charge in [-0.2, -0.15) is 4.57 Å². The van der Waals surface area contributed by atoms with Gasteiger partial charge >= 0.3 is 0 Å². The zero-order valence-corrected chi connectivity index (χ0v) is 17.9. The molecule has 29 heavy (non-hydrogen) atoms. The van der Waals surface area contributed by atoms with Crippen molar-refractivity contribution in [2.75, 3.05) is 0 Å². The maximum atomic E-state index is 13.4. The number of hydrogen-bond donors (Lipinski definition) is 0. The van der Waals surface area contributed by atoms with Crippen LogP contribution in [-0.4, -0.2) is 10.8 Å². The van der Waals surface area contributed by atoms with E-state index in [0.717, 1.165) is 5.56 Å². The van der Waals surface area contributed by atoms with Crippen molar-refractivity contribution in [3.05, 3.63) is 102 Å². The first-order chi connectivity index (χ1) is 13.9. The van der Waals surface area contributed by atoms with E-state index in [1.54, 1.807) is 0 Å². The van der Waals surface area contributed by atoms with Gasteiger partial charge < -0.3 is 17.6 Å². The Kier molecular flexibility index (Phi) is 6.55. The summed E-state index contributed by atoms with van der Waals surface area (Å²) in [6.45, 7) is 6.93. The summed E-state index contributed by atoms with van der Waals surface area (Å²) < 4.78 is 1.83. The highest BCUT2D eigenvalue weighted by atomic mass is 32.1. The first kappa shape index (κ1) is 20.9. The van der Waals surface area contributed by atoms with Crippen LogP contribution in [0.1, 0.15) is 48.3 Å². The monoisotopic (exact) mass is 402 g/mol. The summed E-state index contributed by atoms with van der Waals surface area (Å²) >= 11 is 5.61. The summed E-state index contributed by atoms with van der Waals surface area (Å²) in [5, 5.41) is 0.384. The van der Waals surface area contributed by atoms with Gasteiger partial charge in [-0.1, -0.05) is 81.4 Å². The van der Waals surface area contributed by atoms with Crippen LogP contribution in [0.25, 0.3) is 0 Å². The van der Waals surface area contributed by atoms with Crippen molar-refractivity contribution in [2.45, 2.75) is 38.8 Å². The minimum absolute atomic E-state index is 0.0372. The number of nitrogens with zero attached hydrogens (tertiary/aromatic N) is 2. The van der Waals surface area contributed by atoms with Gasteiger partial charge in [-0.05, 0) is 21.6 Å². The fourth-order valence-electron chi connectivity index (χ4n) is 3.09. The highest BCUT2D eigenvalue weighted by molar-refractivity contribution is 7.77. The second kappa shape index (κ2) is 9.10. The van der Waals surface area contributed by atoms with E-state index in [-0.39, 0.29) is 11.2 Å². The maximum Gasteiger partial charge on any atom is 0.237 e. The predicted molar refractivity (Wildman–Crippen MR) is 120 cm³/mol. The molecule has 0 radical (unpaired) electrons. The standard InChI is InChI=1S/C25H26N2OS/c1-25(2,3)21-14-12-20(13-15-21)23(28)22(27-16-8-5-9-17-27)24(29)26-18-19-10-6-4-7-11-19/h4-17,22H,18H2,1-3H3/t22-/m0/s1. The van der Waals surface area contributed by atoms with E-state index in [9.17, 15) is 4.79 Å². The zero-order valence-electron chi connectivity index (χ0n) is 17.1. The Balaban J connectivity index is 1.92. The lowest BCUT2D eigenvalue weighted by Gasteiger charge is -2.21. The second-order valence-corrected chi connectivity index (χ2v) is 8.48. The van der Waals surface area contributed by atoms with Crippen molar-refractivity contribution < 1.29 is 9.36 Å². The molecule has 2 aromatic carbocycles. The van der Waals surface area contributed by atoms with Crippen molar-refractivity contribution in [1.29, 1.82) is 0 Å². The highest BCUT2D eigenvalue weighted by Crippen LogP contribution is 2.23. The summed E-state index contributed by atoms with van der Waals surface area (Å²) in [6, 6.07) is 22.8. The average Bonchev–Trinajstić information content (AvgIpc) is 2.73. The molecule has 0 spiro atoms. The molecule has 0 N–H and O–H groups in total. The Labute approximate surface area is 178 Å². The molecular weight excluding hydrogens is 376 g/mol. The lowest BCUT2D eigenvalue weighted by molar-refractivity contribution is -0.691. The van der Waals surface area contributed by atoms with Crippen molar-refractivity contribution in [3.8, 4) is 0 Å². The second-order valence-electron chi connectivity index (χ2n) is 8.06. The molecule has 0 saturated heterocycles. The zero-order chi connectivity index (χ0) is 20.9. The summed E-state index contributed by atoms with van der Waals surface area (Å²) in [6.07, 6.45) is 3.72. The number of carbonyl (C=O) groups is 1. The maximum absolute atomic E-state index is 13.4. The van der Waals surface area contributed by atoms with E-state index < -0.39 is 6.04 Å². The van der Waals surface area contributed by atoms with Gasteiger partial charge in [-0.3, -0.25) is 4.79 Å². The molecule has 0 aliphatic carbocycles. The molecule has 4 heteroatoms. The molecule has 3 aromatic rings. The van der Waals surface area contributed by atoms with Gasteiger partial charge in [-0.15, -0.1) is 0 Å². The van der Waals surface area contributed by atoms with E-state index in [4.69, 9.17) is 12.6 Å². The summed E-state index contributed by atoms with van der Waals surface area (Å²) in [7, 11) is 0. The molecule has 0 aliphatic rings. The molecule has 0 aliphatic heterocycles. The molecule has 0 unspecified atom stereocenters. The molecule has 3 nitrogen and oxygen atoms in total. The molecule has 1 atom stereocenters. The van der Waals surface area contributed by atoms with Gasteiger partial charge in [0.25, 0.3) is 0 Å². The van der Waals surface area contributed by atoms with Crippen LogP contribution in [0, 0.1) is 0 Å². The first-order valence-electron chi connectivity index (χ1n) is 9.72. The molecule has 0 saturated carbocycles. The lowest BCUT2D eigenvalue weighted by atomic mass is 9.86. The first-order valence-corrected chi connectivity index (χ1v) is 10.1. The van der Waals surface area contributed by atoms with Gasteiger partial charge in [0, 0.05) is 17.7 Å². The summed E-state index contributed by atoms with van der Waals surface area (Å²) in [4.78, 5) is 18.0. The van der Waals surface area contributed by atoms with Crippen molar-refractivity contribution in [1.82, 2.24) is 0 Å². The van der Waals surface area contributed by atoms with Gasteiger partial charge in [0.1, 0.15) is 0 Å². The minimum atomic E-state index is -0.643. The summed E-state index contributed by atoms with van der Waals surface area (Å²) in [5.74, 6) is -0.0523. The number of hydrogen-bond acceptors (Lipinski definition) is 3. The van der Waals surface area contributed by atoms with Crippen LogP contribution < -0.4 is 4.57 Å². The topological polar surface area (TPSA) is 33.3 Å². The number of pyridine rings is 1. The molecule has 3 rings (SSSR count). The Morgan fingerprint density at radius 3 is 2.10 bits per heavy atom. The fourth-order valence-corrected chi connectivity index (χ4v) is 3.38. The number of carbonyl (C=O) groups excluding carboxylic acids is 1. The number of benzene rings is 2. The molecular formula is C25H26N2OS. The third-order valence-corrected chi connectivity index (χ3v) is 5.17. The van der Waals surface area contributed by atoms with Crippen LogP contribution in [0.15, 0.2) is 90.2 Å². The highest BCUT2D eigenvalue weighted by Gasteiger charge is 2.28. The van der Waals surface area contributed by atoms with Crippen LogP contribution in [0.4, 0.5) is 0 Å². The van der Waals surface area contributed by atoms with Gasteiger partial charge in [-0.25, -0.2) is 0 Å². The van der Waals surface area contributed by atoms with Crippen LogP contribution >= 0.6 is 0 Å². The van der Waals surface area contributed by atoms with E-state index in [1.807, 2.05) is 89.8 Å². The number of Topliss-reactive ketones (excluding diaryl/α,β-unsaturated/α-hetero) is 1. The van der Waals surface area contributed by atoms with E-state index >= 15 is 0 Å². The smallest absolute Gasteiger partial charge is 0.237 e. The minimum Gasteiger partial charge on any atom is -0.758 e. The van der Waals surface area contributed by atoms with Crippen molar-refractivity contribution >= 4 is 23.5 Å². The van der Waals surface area contributed by atoms with Gasteiger partial charge in [0.15, 0.2) is 12.4 Å². The Morgan fingerprint density at radius 2 is 1.52 bits per heavy atom. The third kappa shape index (κ3) is 5.36. The van der Waals surface area contributed by atoms with E-state index in [1.165, 1.54) is 5.56 Å². The molecule has 1 aromatic heterocycles. The average molecular weight is 403 g/mol. The lowest BCUT2D eigenvalue weighted by Crippen LogP contribution is -2.47. The van der Waals surface area contributed by atoms with Crippen LogP contribution in [0.3, 0.4) is 0 Å². The molecule has 0 bridgehead atoms. The third-order valence-electron chi connectivity index (χ3n) is 4.81. The van der Waals surface area contributed by atoms with Gasteiger partial charge in [0.2, 0.25) is 11.8 Å². The fraction of sp³-hybridized carbons (Fsp3) is 0.240. The molecule has 0 fully saturated rings. The number of ketones is 1. The quantitative estimate of drug-likeness (QED) is 0.194. The number of aromatic nitrogens is 1. The van der Waals surface area contributed by atoms with Crippen LogP contribution in [-0.2, 0) is 24.6 Å². The Morgan fingerprint density at radius 1 is 0.931 bits per heavy atom. The Bertz CT molecular complexity index is 975. The SMILES string of the molecule is CC(C)(C)c1ccc(C(=O)[C@@H](C([S-])=NCc2ccccc2)[n+]2ccccc2)cc1. The van der Waals surface area contributed by atoms with Gasteiger partial charge in [0.05, 0.1) is 6.54 Å². The Hall–Kier alpha value is -2.85. The van der Waals surface area contributed by atoms with Crippen LogP contribution in [0.5, 0.6) is 0 Å². The molecule has 1 heterocycles. The van der Waals surface area contributed by atoms with Crippen molar-refractivity contribution in [2.24, 2.45) is 4.99 Å². The van der Waals surface area contributed by atoms with E-state index in [2.05, 4.69) is 25.8 Å². The summed E-state index contributed by atoms with van der Waals surface area (Å²) in [5.41, 5.74) is 2.93. The predicted octanol–water partition coefficient (Wildman–Crippen LogP) is 4.84.